The van der Waals surface area contributed by atoms with Crippen LogP contribution in [0, 0.1) is 11.6 Å². The summed E-state index contributed by atoms with van der Waals surface area (Å²) in [6, 6.07) is 1.33. The van der Waals surface area contributed by atoms with Gasteiger partial charge in [-0.1, -0.05) is 0 Å². The molecule has 0 saturated carbocycles. The van der Waals surface area contributed by atoms with Gasteiger partial charge in [-0.05, 0) is 12.1 Å². The van der Waals surface area contributed by atoms with Crippen LogP contribution >= 0.6 is 0 Å². The molecular weight excluding hydrogens is 236 g/mol. The van der Waals surface area contributed by atoms with E-state index in [0.717, 1.165) is 0 Å². The molecular formula is C10H11F2NO4. The average molecular weight is 247 g/mol. The fourth-order valence-electron chi connectivity index (χ4n) is 1.15. The van der Waals surface area contributed by atoms with Gasteiger partial charge in [0.15, 0.2) is 0 Å². The average Bonchev–Trinajstić information content (AvgIpc) is 2.27. The monoisotopic (exact) mass is 247 g/mol. The molecule has 0 heterocycles. The smallest absolute Gasteiger partial charge is 0.335 e. The van der Waals surface area contributed by atoms with Gasteiger partial charge in [0.05, 0.1) is 18.3 Å². The summed E-state index contributed by atoms with van der Waals surface area (Å²) >= 11 is 0. The van der Waals surface area contributed by atoms with Crippen molar-refractivity contribution in [2.75, 3.05) is 18.5 Å². The second-order valence-corrected chi connectivity index (χ2v) is 3.34. The molecule has 4 N–H and O–H groups in total. The van der Waals surface area contributed by atoms with Crippen molar-refractivity contribution in [1.82, 2.24) is 0 Å². The van der Waals surface area contributed by atoms with Gasteiger partial charge < -0.3 is 20.6 Å². The number of anilines is 1. The van der Waals surface area contributed by atoms with E-state index in [-0.39, 0.29) is 6.54 Å². The number of carbonyl (C=O) groups is 1. The van der Waals surface area contributed by atoms with E-state index in [2.05, 4.69) is 5.32 Å². The number of carboxylic acid groups (broad SMARTS) is 1. The van der Waals surface area contributed by atoms with Crippen molar-refractivity contribution in [3.8, 4) is 0 Å². The van der Waals surface area contributed by atoms with Crippen LogP contribution in [0.25, 0.3) is 0 Å². The predicted molar refractivity (Wildman–Crippen MR) is 54.9 cm³/mol. The third-order valence-electron chi connectivity index (χ3n) is 2.01. The zero-order valence-corrected chi connectivity index (χ0v) is 8.65. The highest BCUT2D eigenvalue weighted by atomic mass is 19.1. The Hall–Kier alpha value is -1.73. The lowest BCUT2D eigenvalue weighted by atomic mass is 10.2. The minimum atomic E-state index is -1.44. The molecule has 0 aromatic heterocycles. The summed E-state index contributed by atoms with van der Waals surface area (Å²) in [5, 5.41) is 28.3. The maximum Gasteiger partial charge on any atom is 0.335 e. The maximum absolute atomic E-state index is 13.3. The van der Waals surface area contributed by atoms with Gasteiger partial charge in [0.1, 0.15) is 17.3 Å². The van der Waals surface area contributed by atoms with Gasteiger partial charge in [-0.15, -0.1) is 0 Å². The molecule has 5 nitrogen and oxygen atoms in total. The van der Waals surface area contributed by atoms with Crippen molar-refractivity contribution in [2.24, 2.45) is 0 Å². The van der Waals surface area contributed by atoms with E-state index in [4.69, 9.17) is 15.3 Å². The van der Waals surface area contributed by atoms with Gasteiger partial charge in [0, 0.05) is 6.54 Å². The number of hydrogen-bond donors (Lipinski definition) is 4. The van der Waals surface area contributed by atoms with E-state index in [1.165, 1.54) is 0 Å². The van der Waals surface area contributed by atoms with E-state index < -0.39 is 41.6 Å². The molecule has 1 rings (SSSR count). The normalized spacial score (nSPS) is 12.2. The highest BCUT2D eigenvalue weighted by Crippen LogP contribution is 2.20. The maximum atomic E-state index is 13.3. The summed E-state index contributed by atoms with van der Waals surface area (Å²) in [6.07, 6.45) is -1.16. The number of aliphatic hydroxyl groups excluding tert-OH is 2. The Balaban J connectivity index is 2.90. The molecule has 17 heavy (non-hydrogen) atoms. The topological polar surface area (TPSA) is 89.8 Å². The summed E-state index contributed by atoms with van der Waals surface area (Å²) in [7, 11) is 0. The molecule has 1 aromatic carbocycles. The van der Waals surface area contributed by atoms with Crippen molar-refractivity contribution in [1.29, 1.82) is 0 Å². The lowest BCUT2D eigenvalue weighted by Gasteiger charge is -2.12. The van der Waals surface area contributed by atoms with Crippen LogP contribution in [-0.2, 0) is 0 Å². The fraction of sp³-hybridized carbons (Fsp3) is 0.300. The number of nitrogens with one attached hydrogen (secondary N) is 1. The fourth-order valence-corrected chi connectivity index (χ4v) is 1.15. The second-order valence-electron chi connectivity index (χ2n) is 3.34. The van der Waals surface area contributed by atoms with Gasteiger partial charge >= 0.3 is 5.97 Å². The first kappa shape index (κ1) is 13.3. The minimum absolute atomic E-state index is 0.253. The molecule has 0 aliphatic carbocycles. The first-order chi connectivity index (χ1) is 7.95. The number of rotatable bonds is 5. The van der Waals surface area contributed by atoms with E-state index in [0.29, 0.717) is 12.1 Å². The molecule has 0 radical (unpaired) electrons. The van der Waals surface area contributed by atoms with Gasteiger partial charge in [-0.2, -0.15) is 0 Å². The van der Waals surface area contributed by atoms with Crippen LogP contribution in [0.4, 0.5) is 14.5 Å². The van der Waals surface area contributed by atoms with Gasteiger partial charge in [0.2, 0.25) is 0 Å². The van der Waals surface area contributed by atoms with Crippen molar-refractivity contribution in [2.45, 2.75) is 6.10 Å². The molecule has 1 aromatic rings. The minimum Gasteiger partial charge on any atom is -0.478 e. The highest BCUT2D eigenvalue weighted by molar-refractivity contribution is 5.88. The number of aliphatic hydroxyl groups is 2. The summed E-state index contributed by atoms with van der Waals surface area (Å²) in [6.45, 7) is -0.805. The molecule has 0 aliphatic heterocycles. The molecule has 0 saturated heterocycles. The zero-order valence-electron chi connectivity index (χ0n) is 8.65. The zero-order chi connectivity index (χ0) is 13.0. The van der Waals surface area contributed by atoms with Gasteiger partial charge in [0.25, 0.3) is 0 Å². The Morgan fingerprint density at radius 1 is 1.35 bits per heavy atom. The van der Waals surface area contributed by atoms with Gasteiger partial charge in [-0.3, -0.25) is 0 Å². The van der Waals surface area contributed by atoms with Gasteiger partial charge in [-0.25, -0.2) is 13.6 Å². The Labute approximate surface area is 95.3 Å². The molecule has 0 bridgehead atoms. The summed E-state index contributed by atoms with van der Waals surface area (Å²) < 4.78 is 26.6. The summed E-state index contributed by atoms with van der Waals surface area (Å²) in [5.41, 5.74) is -1.05. The van der Waals surface area contributed by atoms with Crippen LogP contribution in [0.1, 0.15) is 10.4 Å². The molecule has 0 amide bonds. The van der Waals surface area contributed by atoms with E-state index in [1.54, 1.807) is 0 Å². The molecule has 1 unspecified atom stereocenters. The molecule has 94 valence electrons. The van der Waals surface area contributed by atoms with Crippen molar-refractivity contribution < 1.29 is 28.9 Å². The standard InChI is InChI=1S/C10H11F2NO4/c11-7-1-5(10(16)17)2-8(12)9(7)13-3-6(15)4-14/h1-2,6,13-15H,3-4H2,(H,16,17). The number of halogens is 2. The third kappa shape index (κ3) is 3.36. The van der Waals surface area contributed by atoms with E-state index >= 15 is 0 Å². The third-order valence-corrected chi connectivity index (χ3v) is 2.01. The van der Waals surface area contributed by atoms with E-state index in [1.807, 2.05) is 0 Å². The highest BCUT2D eigenvalue weighted by Gasteiger charge is 2.15. The molecule has 1 atom stereocenters. The Morgan fingerprint density at radius 3 is 2.29 bits per heavy atom. The first-order valence-corrected chi connectivity index (χ1v) is 4.70. The van der Waals surface area contributed by atoms with Crippen LogP contribution in [0.2, 0.25) is 0 Å². The quantitative estimate of drug-likeness (QED) is 0.605. The van der Waals surface area contributed by atoms with Crippen molar-refractivity contribution in [3.05, 3.63) is 29.3 Å². The number of benzene rings is 1. The van der Waals surface area contributed by atoms with Crippen molar-refractivity contribution in [3.63, 3.8) is 0 Å². The predicted octanol–water partition coefficient (Wildman–Crippen LogP) is 0.428. The molecule has 7 heteroatoms. The Bertz CT molecular complexity index is 402. The van der Waals surface area contributed by atoms with Crippen LogP contribution in [0.15, 0.2) is 12.1 Å². The second kappa shape index (κ2) is 5.55. The molecule has 0 aliphatic rings. The van der Waals surface area contributed by atoms with Crippen LogP contribution in [-0.4, -0.2) is 40.5 Å². The summed E-state index contributed by atoms with van der Waals surface area (Å²) in [4.78, 5) is 10.5. The molecule has 0 spiro atoms. The largest absolute Gasteiger partial charge is 0.478 e. The lowest BCUT2D eigenvalue weighted by molar-refractivity contribution is 0.0695. The first-order valence-electron chi connectivity index (χ1n) is 4.70. The Morgan fingerprint density at radius 2 is 1.88 bits per heavy atom. The van der Waals surface area contributed by atoms with Crippen molar-refractivity contribution >= 4 is 11.7 Å². The molecule has 0 fully saturated rings. The summed E-state index contributed by atoms with van der Waals surface area (Å²) in [5.74, 6) is -3.59. The van der Waals surface area contributed by atoms with Crippen LogP contribution < -0.4 is 5.32 Å². The Kier molecular flexibility index (Phi) is 4.36. The number of carboxylic acids is 1. The van der Waals surface area contributed by atoms with Crippen LogP contribution in [0.3, 0.4) is 0 Å². The number of hydrogen-bond acceptors (Lipinski definition) is 4. The number of aromatic carboxylic acids is 1. The van der Waals surface area contributed by atoms with E-state index in [9.17, 15) is 13.6 Å². The lowest BCUT2D eigenvalue weighted by Crippen LogP contribution is -2.24. The van der Waals surface area contributed by atoms with Crippen LogP contribution in [0.5, 0.6) is 0 Å². The SMILES string of the molecule is O=C(O)c1cc(F)c(NCC(O)CO)c(F)c1.